The minimum atomic E-state index is -0.213. The Morgan fingerprint density at radius 2 is 1.74 bits per heavy atom. The van der Waals surface area contributed by atoms with Gasteiger partial charge in [0.15, 0.2) is 0 Å². The first-order valence-corrected chi connectivity index (χ1v) is 7.58. The van der Waals surface area contributed by atoms with Crippen LogP contribution in [-0.2, 0) is 14.0 Å². The zero-order valence-corrected chi connectivity index (χ0v) is 12.6. The van der Waals surface area contributed by atoms with Crippen LogP contribution in [0, 0.1) is 0 Å². The van der Waals surface area contributed by atoms with Crippen LogP contribution < -0.4 is 0 Å². The molecule has 2 aliphatic heterocycles. The van der Waals surface area contributed by atoms with Crippen molar-refractivity contribution in [2.24, 2.45) is 0 Å². The number of hydrogen-bond donors (Lipinski definition) is 0. The standard InChI is InChI=1S/C15H25BO3/c1-14(2)15(3,4)19-16(18-14)12-7-8-13-11(10-12)6-5-9-17-13/h12H,5-10H2,1-4H3. The highest BCUT2D eigenvalue weighted by atomic mass is 16.7. The lowest BCUT2D eigenvalue weighted by Gasteiger charge is -2.32. The van der Waals surface area contributed by atoms with Crippen molar-refractivity contribution in [2.75, 3.05) is 6.61 Å². The second-order valence-corrected chi connectivity index (χ2v) is 7.11. The minimum Gasteiger partial charge on any atom is -0.498 e. The number of allylic oxidation sites excluding steroid dienone is 2. The predicted octanol–water partition coefficient (Wildman–Crippen LogP) is 3.70. The van der Waals surface area contributed by atoms with Crippen LogP contribution in [0.4, 0.5) is 0 Å². The van der Waals surface area contributed by atoms with Gasteiger partial charge in [0.25, 0.3) is 0 Å². The van der Waals surface area contributed by atoms with Crippen molar-refractivity contribution in [2.45, 2.75) is 76.8 Å². The van der Waals surface area contributed by atoms with Gasteiger partial charge in [-0.15, -0.1) is 0 Å². The maximum atomic E-state index is 6.20. The smallest absolute Gasteiger partial charge is 0.461 e. The summed E-state index contributed by atoms with van der Waals surface area (Å²) in [4.78, 5) is 0. The first-order chi connectivity index (χ1) is 8.89. The minimum absolute atomic E-state index is 0.0547. The van der Waals surface area contributed by atoms with Gasteiger partial charge in [0.2, 0.25) is 0 Å². The molecule has 1 unspecified atom stereocenters. The highest BCUT2D eigenvalue weighted by molar-refractivity contribution is 6.47. The molecule has 2 heterocycles. The third-order valence-corrected chi connectivity index (χ3v) is 5.20. The van der Waals surface area contributed by atoms with E-state index in [0.29, 0.717) is 5.82 Å². The van der Waals surface area contributed by atoms with Crippen molar-refractivity contribution in [3.8, 4) is 0 Å². The van der Waals surface area contributed by atoms with Crippen molar-refractivity contribution in [1.29, 1.82) is 0 Å². The maximum absolute atomic E-state index is 6.20. The summed E-state index contributed by atoms with van der Waals surface area (Å²) in [7, 11) is -0.0547. The number of rotatable bonds is 1. The monoisotopic (exact) mass is 264 g/mol. The van der Waals surface area contributed by atoms with Gasteiger partial charge in [-0.1, -0.05) is 0 Å². The van der Waals surface area contributed by atoms with Gasteiger partial charge in [-0.25, -0.2) is 0 Å². The molecular weight excluding hydrogens is 239 g/mol. The summed E-state index contributed by atoms with van der Waals surface area (Å²) >= 11 is 0. The van der Waals surface area contributed by atoms with Crippen LogP contribution >= 0.6 is 0 Å². The average molecular weight is 264 g/mol. The third-order valence-electron chi connectivity index (χ3n) is 5.20. The molecule has 0 radical (unpaired) electrons. The Morgan fingerprint density at radius 1 is 1.05 bits per heavy atom. The molecule has 19 heavy (non-hydrogen) atoms. The fraction of sp³-hybridized carbons (Fsp3) is 0.867. The second-order valence-electron chi connectivity index (χ2n) is 7.11. The zero-order valence-electron chi connectivity index (χ0n) is 12.6. The van der Waals surface area contributed by atoms with Gasteiger partial charge in [-0.2, -0.15) is 0 Å². The van der Waals surface area contributed by atoms with E-state index in [0.717, 1.165) is 32.3 Å². The molecule has 4 heteroatoms. The van der Waals surface area contributed by atoms with Gasteiger partial charge in [-0.3, -0.25) is 0 Å². The maximum Gasteiger partial charge on any atom is 0.461 e. The molecule has 106 valence electrons. The highest BCUT2D eigenvalue weighted by Gasteiger charge is 2.54. The summed E-state index contributed by atoms with van der Waals surface area (Å²) < 4.78 is 18.2. The van der Waals surface area contributed by atoms with Crippen LogP contribution in [0.5, 0.6) is 0 Å². The number of hydrogen-bond acceptors (Lipinski definition) is 3. The Labute approximate surface area is 116 Å². The van der Waals surface area contributed by atoms with E-state index in [2.05, 4.69) is 27.7 Å². The molecule has 0 saturated carbocycles. The van der Waals surface area contributed by atoms with E-state index in [9.17, 15) is 0 Å². The van der Waals surface area contributed by atoms with Crippen LogP contribution in [-0.4, -0.2) is 24.9 Å². The van der Waals surface area contributed by atoms with Crippen LogP contribution in [0.3, 0.4) is 0 Å². The summed E-state index contributed by atoms with van der Waals surface area (Å²) in [5.74, 6) is 1.75. The van der Waals surface area contributed by atoms with Crippen LogP contribution in [0.1, 0.15) is 59.8 Å². The Balaban J connectivity index is 1.71. The van der Waals surface area contributed by atoms with Gasteiger partial charge in [-0.05, 0) is 64.8 Å². The van der Waals surface area contributed by atoms with Gasteiger partial charge in [0, 0.05) is 6.42 Å². The normalized spacial score (nSPS) is 33.1. The quantitative estimate of drug-likeness (QED) is 0.676. The van der Waals surface area contributed by atoms with E-state index in [-0.39, 0.29) is 18.3 Å². The molecule has 0 spiro atoms. The van der Waals surface area contributed by atoms with Gasteiger partial charge >= 0.3 is 7.12 Å². The molecule has 1 aliphatic carbocycles. The van der Waals surface area contributed by atoms with Crippen molar-refractivity contribution >= 4 is 7.12 Å². The van der Waals surface area contributed by atoms with Crippen LogP contribution in [0.25, 0.3) is 0 Å². The summed E-state index contributed by atoms with van der Waals surface area (Å²) in [5, 5.41) is 0. The third kappa shape index (κ3) is 2.34. The van der Waals surface area contributed by atoms with E-state index in [1.165, 1.54) is 17.8 Å². The molecule has 1 saturated heterocycles. The molecule has 0 aromatic rings. The Hall–Kier alpha value is -0.475. The van der Waals surface area contributed by atoms with E-state index in [1.54, 1.807) is 0 Å². The lowest BCUT2D eigenvalue weighted by atomic mass is 9.63. The first kappa shape index (κ1) is 13.5. The van der Waals surface area contributed by atoms with Gasteiger partial charge in [0.1, 0.15) is 0 Å². The molecule has 0 aromatic carbocycles. The summed E-state index contributed by atoms with van der Waals surface area (Å²) in [6, 6.07) is 0. The van der Waals surface area contributed by atoms with Gasteiger partial charge in [0.05, 0.1) is 23.6 Å². The van der Waals surface area contributed by atoms with Gasteiger partial charge < -0.3 is 14.0 Å². The van der Waals surface area contributed by atoms with Crippen LogP contribution in [0.2, 0.25) is 5.82 Å². The van der Waals surface area contributed by atoms with E-state index in [1.807, 2.05) is 0 Å². The Kier molecular flexibility index (Phi) is 3.22. The van der Waals surface area contributed by atoms with Crippen LogP contribution in [0.15, 0.2) is 11.3 Å². The summed E-state index contributed by atoms with van der Waals surface area (Å²) in [6.45, 7) is 9.42. The van der Waals surface area contributed by atoms with Crippen molar-refractivity contribution in [3.05, 3.63) is 11.3 Å². The van der Waals surface area contributed by atoms with E-state index in [4.69, 9.17) is 14.0 Å². The fourth-order valence-electron chi connectivity index (χ4n) is 3.24. The van der Waals surface area contributed by atoms with Crippen molar-refractivity contribution in [3.63, 3.8) is 0 Å². The highest BCUT2D eigenvalue weighted by Crippen LogP contribution is 2.46. The largest absolute Gasteiger partial charge is 0.498 e. The zero-order chi connectivity index (χ0) is 13.7. The molecule has 3 rings (SSSR count). The Bertz CT molecular complexity index is 384. The van der Waals surface area contributed by atoms with Crippen molar-refractivity contribution in [1.82, 2.24) is 0 Å². The first-order valence-electron chi connectivity index (χ1n) is 7.58. The topological polar surface area (TPSA) is 27.7 Å². The molecule has 3 nitrogen and oxygen atoms in total. The molecule has 1 atom stereocenters. The van der Waals surface area contributed by atoms with E-state index >= 15 is 0 Å². The average Bonchev–Trinajstić information content (AvgIpc) is 2.58. The lowest BCUT2D eigenvalue weighted by molar-refractivity contribution is 0.00578. The molecule has 0 aromatic heterocycles. The molecular formula is C15H25BO3. The molecule has 0 amide bonds. The molecule has 0 N–H and O–H groups in total. The predicted molar refractivity (Wildman–Crippen MR) is 75.9 cm³/mol. The SMILES string of the molecule is CC1(C)OB(C2CCC3=C(CCCO3)C2)OC1(C)C. The van der Waals surface area contributed by atoms with E-state index < -0.39 is 0 Å². The van der Waals surface area contributed by atoms with Crippen molar-refractivity contribution < 1.29 is 14.0 Å². The second kappa shape index (κ2) is 4.52. The summed E-state index contributed by atoms with van der Waals surface area (Å²) in [6.07, 6.45) is 5.63. The molecule has 0 bridgehead atoms. The molecule has 1 fully saturated rings. The molecule has 3 aliphatic rings. The summed E-state index contributed by atoms with van der Waals surface area (Å²) in [5.41, 5.74) is 1.09. The Morgan fingerprint density at radius 3 is 2.42 bits per heavy atom. The number of ether oxygens (including phenoxy) is 1. The fourth-order valence-corrected chi connectivity index (χ4v) is 3.24. The lowest BCUT2D eigenvalue weighted by Crippen LogP contribution is -2.41.